The average molecular weight is 375 g/mol. The molecule has 0 aromatic heterocycles. The summed E-state index contributed by atoms with van der Waals surface area (Å²) in [5.74, 6) is 1.45. The highest BCUT2D eigenvalue weighted by atomic mass is 16.5. The molecule has 0 bridgehead atoms. The lowest BCUT2D eigenvalue weighted by Crippen LogP contribution is -2.56. The number of piperazine rings is 1. The molecule has 7 nitrogen and oxygen atoms in total. The van der Waals surface area contributed by atoms with Gasteiger partial charge in [-0.3, -0.25) is 14.5 Å². The highest BCUT2D eigenvalue weighted by Crippen LogP contribution is 2.27. The van der Waals surface area contributed by atoms with E-state index in [1.54, 1.807) is 14.2 Å². The smallest absolute Gasteiger partial charge is 0.237 e. The summed E-state index contributed by atoms with van der Waals surface area (Å²) in [6.45, 7) is 3.46. The van der Waals surface area contributed by atoms with Crippen LogP contribution in [-0.4, -0.2) is 68.1 Å². The van der Waals surface area contributed by atoms with E-state index < -0.39 is 6.04 Å². The van der Waals surface area contributed by atoms with Gasteiger partial charge in [-0.15, -0.1) is 0 Å². The van der Waals surface area contributed by atoms with Gasteiger partial charge in [-0.05, 0) is 25.3 Å². The Bertz CT molecular complexity index is 673. The van der Waals surface area contributed by atoms with Crippen molar-refractivity contribution < 1.29 is 19.1 Å². The van der Waals surface area contributed by atoms with Crippen molar-refractivity contribution in [2.45, 2.75) is 38.3 Å². The molecule has 7 heteroatoms. The molecule has 0 aliphatic carbocycles. The molecule has 1 aromatic rings. The van der Waals surface area contributed by atoms with Gasteiger partial charge in [0.1, 0.15) is 11.5 Å². The van der Waals surface area contributed by atoms with Gasteiger partial charge < -0.3 is 19.7 Å². The third-order valence-corrected chi connectivity index (χ3v) is 5.39. The Labute approximate surface area is 160 Å². The van der Waals surface area contributed by atoms with Crippen molar-refractivity contribution in [2.75, 3.05) is 40.4 Å². The first-order valence-electron chi connectivity index (χ1n) is 9.63. The number of likely N-dealkylation sites (tertiary alicyclic amines) is 1. The van der Waals surface area contributed by atoms with Crippen molar-refractivity contribution in [3.63, 3.8) is 0 Å². The van der Waals surface area contributed by atoms with Crippen LogP contribution in [-0.2, 0) is 16.1 Å². The van der Waals surface area contributed by atoms with Crippen LogP contribution in [0.25, 0.3) is 0 Å². The summed E-state index contributed by atoms with van der Waals surface area (Å²) in [5, 5.41) is 2.90. The molecule has 2 saturated heterocycles. The molecule has 148 valence electrons. The van der Waals surface area contributed by atoms with E-state index in [1.807, 2.05) is 23.1 Å². The number of methoxy groups -OCH3 is 2. The van der Waals surface area contributed by atoms with E-state index in [2.05, 4.69) is 10.2 Å². The third kappa shape index (κ3) is 4.71. The lowest BCUT2D eigenvalue weighted by molar-refractivity contribution is -0.139. The number of ether oxygens (including phenoxy) is 2. The molecule has 0 radical (unpaired) electrons. The fraction of sp³-hybridized carbons (Fsp3) is 0.600. The van der Waals surface area contributed by atoms with Gasteiger partial charge in [0.15, 0.2) is 0 Å². The molecule has 1 N–H and O–H groups in total. The predicted octanol–water partition coefficient (Wildman–Crippen LogP) is 1.41. The summed E-state index contributed by atoms with van der Waals surface area (Å²) < 4.78 is 10.7. The molecule has 1 unspecified atom stereocenters. The molecule has 2 amide bonds. The summed E-state index contributed by atoms with van der Waals surface area (Å²) >= 11 is 0. The number of amides is 2. The minimum Gasteiger partial charge on any atom is -0.497 e. The Hall–Kier alpha value is -2.28. The monoisotopic (exact) mass is 375 g/mol. The number of carbonyl (C=O) groups excluding carboxylic acids is 2. The van der Waals surface area contributed by atoms with Crippen LogP contribution < -0.4 is 14.8 Å². The van der Waals surface area contributed by atoms with Gasteiger partial charge in [0.2, 0.25) is 11.8 Å². The van der Waals surface area contributed by atoms with E-state index in [0.29, 0.717) is 19.6 Å². The van der Waals surface area contributed by atoms with Crippen LogP contribution in [0.4, 0.5) is 0 Å². The number of hydrogen-bond acceptors (Lipinski definition) is 5. The molecule has 27 heavy (non-hydrogen) atoms. The summed E-state index contributed by atoms with van der Waals surface area (Å²) in [6.07, 6.45) is 3.51. The molecule has 2 fully saturated rings. The van der Waals surface area contributed by atoms with Crippen LogP contribution in [0, 0.1) is 0 Å². The molecule has 1 aromatic carbocycles. The van der Waals surface area contributed by atoms with Crippen molar-refractivity contribution in [1.29, 1.82) is 0 Å². The van der Waals surface area contributed by atoms with Crippen molar-refractivity contribution >= 4 is 11.8 Å². The van der Waals surface area contributed by atoms with Gasteiger partial charge in [-0.1, -0.05) is 6.07 Å². The second-order valence-corrected chi connectivity index (χ2v) is 7.10. The SMILES string of the molecule is COc1ccc(CN2CCNC(=O)C2CC(=O)N2CCCCC2)c(OC)c1. The minimum absolute atomic E-state index is 0.0703. The summed E-state index contributed by atoms with van der Waals surface area (Å²) in [6, 6.07) is 5.23. The van der Waals surface area contributed by atoms with Crippen LogP contribution in [0.3, 0.4) is 0 Å². The number of nitrogens with zero attached hydrogens (tertiary/aromatic N) is 2. The average Bonchev–Trinajstić information content (AvgIpc) is 2.71. The Balaban J connectivity index is 1.72. The second kappa shape index (κ2) is 9.08. The van der Waals surface area contributed by atoms with E-state index in [9.17, 15) is 9.59 Å². The van der Waals surface area contributed by atoms with Crippen LogP contribution in [0.1, 0.15) is 31.2 Å². The van der Waals surface area contributed by atoms with Crippen molar-refractivity contribution in [3.05, 3.63) is 23.8 Å². The minimum atomic E-state index is -0.444. The maximum Gasteiger partial charge on any atom is 0.237 e. The normalized spacial score (nSPS) is 20.9. The Morgan fingerprint density at radius 3 is 2.63 bits per heavy atom. The zero-order valence-corrected chi connectivity index (χ0v) is 16.2. The first-order valence-corrected chi connectivity index (χ1v) is 9.63. The molecule has 1 atom stereocenters. The van der Waals surface area contributed by atoms with E-state index in [0.717, 1.165) is 43.0 Å². The number of carbonyl (C=O) groups is 2. The summed E-state index contributed by atoms with van der Waals surface area (Å²) in [4.78, 5) is 29.2. The molecular formula is C20H29N3O4. The van der Waals surface area contributed by atoms with Gasteiger partial charge >= 0.3 is 0 Å². The Morgan fingerprint density at radius 1 is 1.15 bits per heavy atom. The molecule has 0 spiro atoms. The number of nitrogens with one attached hydrogen (secondary N) is 1. The first kappa shape index (κ1) is 19.5. The maximum atomic E-state index is 12.7. The van der Waals surface area contributed by atoms with Gasteiger partial charge in [-0.2, -0.15) is 0 Å². The largest absolute Gasteiger partial charge is 0.497 e. The van der Waals surface area contributed by atoms with Gasteiger partial charge in [0.25, 0.3) is 0 Å². The molecule has 2 aliphatic rings. The Kier molecular flexibility index (Phi) is 6.55. The van der Waals surface area contributed by atoms with Crippen molar-refractivity contribution in [1.82, 2.24) is 15.1 Å². The first-order chi connectivity index (χ1) is 13.1. The van der Waals surface area contributed by atoms with Crippen LogP contribution >= 0.6 is 0 Å². The third-order valence-electron chi connectivity index (χ3n) is 5.39. The van der Waals surface area contributed by atoms with Gasteiger partial charge in [0.05, 0.1) is 26.7 Å². The van der Waals surface area contributed by atoms with Crippen LogP contribution in [0.5, 0.6) is 11.5 Å². The zero-order chi connectivity index (χ0) is 19.2. The number of benzene rings is 1. The van der Waals surface area contributed by atoms with Crippen LogP contribution in [0.2, 0.25) is 0 Å². The van der Waals surface area contributed by atoms with E-state index in [1.165, 1.54) is 6.42 Å². The molecule has 3 rings (SSSR count). The highest BCUT2D eigenvalue weighted by molar-refractivity contribution is 5.88. The van der Waals surface area contributed by atoms with E-state index >= 15 is 0 Å². The molecular weight excluding hydrogens is 346 g/mol. The second-order valence-electron chi connectivity index (χ2n) is 7.10. The predicted molar refractivity (Wildman–Crippen MR) is 102 cm³/mol. The quantitative estimate of drug-likeness (QED) is 0.814. The fourth-order valence-electron chi connectivity index (χ4n) is 3.81. The number of hydrogen-bond donors (Lipinski definition) is 1. The fourth-order valence-corrected chi connectivity index (χ4v) is 3.81. The van der Waals surface area contributed by atoms with Gasteiger partial charge in [0, 0.05) is 44.4 Å². The van der Waals surface area contributed by atoms with E-state index in [4.69, 9.17) is 9.47 Å². The number of piperidine rings is 1. The van der Waals surface area contributed by atoms with Crippen LogP contribution in [0.15, 0.2) is 18.2 Å². The lowest BCUT2D eigenvalue weighted by Gasteiger charge is -2.36. The van der Waals surface area contributed by atoms with E-state index in [-0.39, 0.29) is 18.2 Å². The summed E-state index contributed by atoms with van der Waals surface area (Å²) in [7, 11) is 3.24. The topological polar surface area (TPSA) is 71.1 Å². The molecule has 2 aliphatic heterocycles. The summed E-state index contributed by atoms with van der Waals surface area (Å²) in [5.41, 5.74) is 0.975. The van der Waals surface area contributed by atoms with Gasteiger partial charge in [-0.25, -0.2) is 0 Å². The molecule has 0 saturated carbocycles. The standard InChI is InChI=1S/C20H29N3O4/c1-26-16-7-6-15(18(12-16)27-2)14-23-11-8-21-20(25)17(23)13-19(24)22-9-4-3-5-10-22/h6-7,12,17H,3-5,8-11,13-14H2,1-2H3,(H,21,25). The van der Waals surface area contributed by atoms with Crippen molar-refractivity contribution in [2.24, 2.45) is 0 Å². The molecule has 2 heterocycles. The Morgan fingerprint density at radius 2 is 1.93 bits per heavy atom. The van der Waals surface area contributed by atoms with Crippen molar-refractivity contribution in [3.8, 4) is 11.5 Å². The zero-order valence-electron chi connectivity index (χ0n) is 16.2. The lowest BCUT2D eigenvalue weighted by atomic mass is 10.0. The highest BCUT2D eigenvalue weighted by Gasteiger charge is 2.33. The number of rotatable bonds is 6. The maximum absolute atomic E-state index is 12.7.